The minimum atomic E-state index is -1.70. The van der Waals surface area contributed by atoms with Crippen molar-refractivity contribution in [3.05, 3.63) is 72.6 Å². The van der Waals surface area contributed by atoms with Crippen LogP contribution >= 0.6 is 0 Å². The Morgan fingerprint density at radius 1 is 0.567 bits per heavy atom. The zero-order valence-electron chi connectivity index (χ0n) is 37.2. The maximum absolute atomic E-state index is 14.6. The minimum absolute atomic E-state index is 0.0491. The largest absolute Gasteiger partial charge is 0.343 e. The van der Waals surface area contributed by atoms with E-state index in [0.717, 1.165) is 33.6 Å². The van der Waals surface area contributed by atoms with Crippen LogP contribution in [-0.4, -0.2) is 68.0 Å². The van der Waals surface area contributed by atoms with E-state index in [1.54, 1.807) is 12.4 Å². The van der Waals surface area contributed by atoms with Crippen molar-refractivity contribution in [2.75, 3.05) is 13.3 Å². The number of benzene rings is 2. The average molecular weight is 831 g/mol. The fourth-order valence-electron chi connectivity index (χ4n) is 7.64. The van der Waals surface area contributed by atoms with Crippen molar-refractivity contribution in [2.45, 2.75) is 119 Å². The summed E-state index contributed by atoms with van der Waals surface area (Å²) in [6.07, 6.45) is 3.68. The first-order valence-electron chi connectivity index (χ1n) is 20.6. The normalized spacial score (nSPS) is 15.1. The molecule has 60 heavy (non-hydrogen) atoms. The third-order valence-electron chi connectivity index (χ3n) is 10.4. The van der Waals surface area contributed by atoms with Gasteiger partial charge in [0.05, 0.1) is 35.9 Å². The number of rotatable bonds is 17. The first-order chi connectivity index (χ1) is 27.9. The van der Waals surface area contributed by atoms with Crippen LogP contribution in [-0.2, 0) is 19.2 Å². The predicted molar refractivity (Wildman–Crippen MR) is 232 cm³/mol. The second kappa shape index (κ2) is 18.9. The van der Waals surface area contributed by atoms with E-state index in [1.807, 2.05) is 118 Å². The molecule has 14 heteroatoms. The van der Waals surface area contributed by atoms with E-state index in [-0.39, 0.29) is 24.7 Å². The lowest BCUT2D eigenvalue weighted by molar-refractivity contribution is -0.135. The monoisotopic (exact) mass is 831 g/mol. The van der Waals surface area contributed by atoms with Gasteiger partial charge in [-0.05, 0) is 57.8 Å². The number of imidazole rings is 2. The minimum Gasteiger partial charge on any atom is -0.343 e. The lowest BCUT2D eigenvalue weighted by Gasteiger charge is -2.36. The van der Waals surface area contributed by atoms with Crippen LogP contribution in [0.4, 0.5) is 8.78 Å². The number of nitrogens with zero attached hydrogens (tertiary/aromatic N) is 2. The van der Waals surface area contributed by atoms with E-state index in [4.69, 9.17) is 0 Å². The van der Waals surface area contributed by atoms with Crippen LogP contribution in [0.2, 0.25) is 0 Å². The van der Waals surface area contributed by atoms with E-state index in [2.05, 4.69) is 41.2 Å². The van der Waals surface area contributed by atoms with E-state index >= 15 is 0 Å². The molecule has 0 radical (unpaired) electrons. The Morgan fingerprint density at radius 2 is 0.867 bits per heavy atom. The molecule has 326 valence electrons. The number of halogens is 2. The molecule has 4 atom stereocenters. The standard InChI is InChI=1S/C46H64F2N8O4/c1-27(2)21-45(25-47,55-29(5)57)41(59)53-37(43(7,8)9)39-49-23-35(51-39)33-17-13-31(14-18-33)32-15-19-34(20-16-32)36-24-50-40(52-36)38(44(10,11)12)54-42(60)46(26-48,22-28(3)4)56-30(6)58/h13-20,23-24,27-28,37-38H,21-22,25-26H2,1-12H3,(H,49,51)(H,50,52)(H,53,59)(H,54,60)(H,55,57)(H,56,58)/t37-,38-,45?,46?/m1/s1. The Labute approximate surface area is 353 Å². The molecule has 0 bridgehead atoms. The SMILES string of the molecule is CC(=O)NC(CF)(CC(C)C)C(=O)N[C@H](c1ncc(-c2ccc(-c3ccc(-c4cnc([C@@H](NC(=O)C(CF)(CC(C)C)NC(C)=O)C(C)(C)C)[nH]4)cc3)cc2)[nH]1)C(C)(C)C. The molecule has 4 aromatic rings. The lowest BCUT2D eigenvalue weighted by atomic mass is 9.84. The number of nitrogens with one attached hydrogen (secondary N) is 6. The molecular formula is C46H64F2N8O4. The summed E-state index contributed by atoms with van der Waals surface area (Å²) in [6.45, 7) is 19.7. The summed E-state index contributed by atoms with van der Waals surface area (Å²) in [7, 11) is 0. The maximum atomic E-state index is 14.6. The third-order valence-corrected chi connectivity index (χ3v) is 10.4. The number of carbonyl (C=O) groups excluding carboxylic acids is 4. The summed E-state index contributed by atoms with van der Waals surface area (Å²) in [5.74, 6) is -1.25. The Balaban J connectivity index is 1.52. The number of hydrogen-bond acceptors (Lipinski definition) is 6. The first-order valence-corrected chi connectivity index (χ1v) is 20.6. The summed E-state index contributed by atoms with van der Waals surface area (Å²) < 4.78 is 29.1. The Kier molecular flexibility index (Phi) is 14.9. The smallest absolute Gasteiger partial charge is 0.249 e. The molecule has 0 saturated carbocycles. The van der Waals surface area contributed by atoms with Gasteiger partial charge in [-0.25, -0.2) is 18.7 Å². The highest BCUT2D eigenvalue weighted by Crippen LogP contribution is 2.36. The Morgan fingerprint density at radius 3 is 1.12 bits per heavy atom. The number of aromatic amines is 2. The van der Waals surface area contributed by atoms with Crippen LogP contribution in [0, 0.1) is 22.7 Å². The molecule has 4 rings (SSSR count). The molecule has 2 aromatic heterocycles. The molecule has 0 aliphatic heterocycles. The van der Waals surface area contributed by atoms with Crippen molar-refractivity contribution in [1.82, 2.24) is 41.2 Å². The molecule has 0 saturated heterocycles. The molecule has 4 amide bonds. The number of amides is 4. The van der Waals surface area contributed by atoms with Crippen LogP contribution in [0.3, 0.4) is 0 Å². The van der Waals surface area contributed by atoms with Crippen molar-refractivity contribution in [1.29, 1.82) is 0 Å². The van der Waals surface area contributed by atoms with Crippen LogP contribution < -0.4 is 21.3 Å². The Hall–Kier alpha value is -5.40. The molecule has 6 N–H and O–H groups in total. The molecule has 0 aliphatic carbocycles. The van der Waals surface area contributed by atoms with Gasteiger partial charge in [0.25, 0.3) is 0 Å². The van der Waals surface area contributed by atoms with E-state index in [1.165, 1.54) is 13.8 Å². The first kappa shape index (κ1) is 47.3. The molecule has 2 aromatic carbocycles. The summed E-state index contributed by atoms with van der Waals surface area (Å²) in [5, 5.41) is 11.1. The van der Waals surface area contributed by atoms with Gasteiger partial charge in [-0.2, -0.15) is 0 Å². The molecule has 12 nitrogen and oxygen atoms in total. The van der Waals surface area contributed by atoms with E-state index in [9.17, 15) is 28.0 Å². The summed E-state index contributed by atoms with van der Waals surface area (Å²) in [6, 6.07) is 14.7. The molecule has 2 heterocycles. The lowest BCUT2D eigenvalue weighted by Crippen LogP contribution is -2.61. The number of aromatic nitrogens is 4. The highest BCUT2D eigenvalue weighted by Gasteiger charge is 2.44. The fraction of sp³-hybridized carbons (Fsp3) is 0.522. The molecule has 0 spiro atoms. The zero-order chi connectivity index (χ0) is 44.8. The van der Waals surface area contributed by atoms with E-state index in [0.29, 0.717) is 11.6 Å². The molecule has 0 fully saturated rings. The summed E-state index contributed by atoms with van der Waals surface area (Å²) in [4.78, 5) is 67.5. The van der Waals surface area contributed by atoms with Crippen molar-refractivity contribution in [3.63, 3.8) is 0 Å². The van der Waals surface area contributed by atoms with Crippen LogP contribution in [0.5, 0.6) is 0 Å². The van der Waals surface area contributed by atoms with Crippen LogP contribution in [0.15, 0.2) is 60.9 Å². The van der Waals surface area contributed by atoms with Gasteiger partial charge in [-0.3, -0.25) is 19.2 Å². The van der Waals surface area contributed by atoms with E-state index < -0.39 is 71.0 Å². The van der Waals surface area contributed by atoms with Crippen molar-refractivity contribution >= 4 is 23.6 Å². The number of carbonyl (C=O) groups is 4. The van der Waals surface area contributed by atoms with Gasteiger partial charge < -0.3 is 31.2 Å². The Bertz CT molecular complexity index is 1950. The fourth-order valence-corrected chi connectivity index (χ4v) is 7.64. The number of hydrogen-bond donors (Lipinski definition) is 6. The van der Waals surface area contributed by atoms with Gasteiger partial charge in [0, 0.05) is 13.8 Å². The van der Waals surface area contributed by atoms with Crippen LogP contribution in [0.25, 0.3) is 33.6 Å². The second-order valence-corrected chi connectivity index (χ2v) is 19.1. The maximum Gasteiger partial charge on any atom is 0.249 e. The highest BCUT2D eigenvalue weighted by molar-refractivity contribution is 5.92. The predicted octanol–water partition coefficient (Wildman–Crippen LogP) is 8.32. The quantitative estimate of drug-likeness (QED) is 0.0624. The number of alkyl halides is 2. The third kappa shape index (κ3) is 11.4. The number of H-pyrrole nitrogens is 2. The van der Waals surface area contributed by atoms with Gasteiger partial charge >= 0.3 is 0 Å². The second-order valence-electron chi connectivity index (χ2n) is 19.1. The van der Waals surface area contributed by atoms with Gasteiger partial charge in [0.15, 0.2) is 0 Å². The molecule has 0 aliphatic rings. The average Bonchev–Trinajstić information content (AvgIpc) is 3.84. The van der Waals surface area contributed by atoms with Gasteiger partial charge in [-0.15, -0.1) is 0 Å². The zero-order valence-corrected chi connectivity index (χ0v) is 37.2. The highest BCUT2D eigenvalue weighted by atomic mass is 19.1. The topological polar surface area (TPSA) is 174 Å². The summed E-state index contributed by atoms with van der Waals surface area (Å²) in [5.41, 5.74) is 0.771. The van der Waals surface area contributed by atoms with Gasteiger partial charge in [0.1, 0.15) is 36.1 Å². The summed E-state index contributed by atoms with van der Waals surface area (Å²) >= 11 is 0. The van der Waals surface area contributed by atoms with Crippen molar-refractivity contribution in [2.24, 2.45) is 22.7 Å². The molecule has 2 unspecified atom stereocenters. The van der Waals surface area contributed by atoms with Crippen LogP contribution in [0.1, 0.15) is 120 Å². The van der Waals surface area contributed by atoms with Crippen molar-refractivity contribution in [3.8, 4) is 33.6 Å². The van der Waals surface area contributed by atoms with Gasteiger partial charge in [-0.1, -0.05) is 118 Å². The van der Waals surface area contributed by atoms with Crippen molar-refractivity contribution < 1.29 is 28.0 Å². The van der Waals surface area contributed by atoms with Gasteiger partial charge in [0.2, 0.25) is 23.6 Å². The molecular weight excluding hydrogens is 767 g/mol.